The van der Waals surface area contributed by atoms with Gasteiger partial charge in [0.05, 0.1) is 12.8 Å². The molecule has 3 rings (SSSR count). The number of hydrogen-bond acceptors (Lipinski definition) is 4. The largest absolute Gasteiger partial charge is 0.497 e. The average molecular weight is 286 g/mol. The van der Waals surface area contributed by atoms with Gasteiger partial charge in [0, 0.05) is 25.6 Å². The molecule has 2 aromatic rings. The number of aromatic nitrogens is 1. The lowest BCUT2D eigenvalue weighted by molar-refractivity contribution is 0.242. The Morgan fingerprint density at radius 1 is 1.33 bits per heavy atom. The fourth-order valence-electron chi connectivity index (χ4n) is 2.74. The molecule has 2 heterocycles. The lowest BCUT2D eigenvalue weighted by atomic mass is 9.99. The number of methoxy groups -OCH3 is 1. The van der Waals surface area contributed by atoms with Gasteiger partial charge in [0.15, 0.2) is 5.89 Å². The summed E-state index contributed by atoms with van der Waals surface area (Å²) in [5.41, 5.74) is 3.80. The minimum Gasteiger partial charge on any atom is -0.497 e. The summed E-state index contributed by atoms with van der Waals surface area (Å²) >= 11 is 0. The molecule has 1 aliphatic heterocycles. The van der Waals surface area contributed by atoms with Crippen LogP contribution in [0.1, 0.15) is 42.5 Å². The second-order valence-electron chi connectivity index (χ2n) is 5.93. The van der Waals surface area contributed by atoms with Gasteiger partial charge in [0.25, 0.3) is 0 Å². The van der Waals surface area contributed by atoms with Gasteiger partial charge < -0.3 is 9.15 Å². The zero-order valence-electron chi connectivity index (χ0n) is 12.9. The Balaban J connectivity index is 1.68. The Bertz CT molecular complexity index is 619. The van der Waals surface area contributed by atoms with Crippen LogP contribution in [-0.2, 0) is 19.5 Å². The van der Waals surface area contributed by atoms with Crippen molar-refractivity contribution in [1.29, 1.82) is 0 Å². The van der Waals surface area contributed by atoms with E-state index in [0.29, 0.717) is 5.92 Å². The van der Waals surface area contributed by atoms with Crippen molar-refractivity contribution in [3.63, 3.8) is 0 Å². The number of oxazole rings is 1. The molecular formula is C17H22N2O2. The lowest BCUT2D eigenvalue weighted by Gasteiger charge is -2.28. The molecular weight excluding hydrogens is 264 g/mol. The molecule has 21 heavy (non-hydrogen) atoms. The van der Waals surface area contributed by atoms with E-state index < -0.39 is 0 Å². The van der Waals surface area contributed by atoms with Crippen LogP contribution in [-0.4, -0.2) is 23.5 Å². The summed E-state index contributed by atoms with van der Waals surface area (Å²) in [6.07, 6.45) is 2.85. The standard InChI is InChI=1S/C17H22N2O2/c1-12(2)17-18-15(11-21-17)10-19-7-6-13-8-16(20-3)5-4-14(13)9-19/h4-5,8,11-12H,6-7,9-10H2,1-3H3. The van der Waals surface area contributed by atoms with Crippen molar-refractivity contribution in [3.05, 3.63) is 47.2 Å². The average Bonchev–Trinajstić information content (AvgIpc) is 2.95. The van der Waals surface area contributed by atoms with Crippen LogP contribution in [0.4, 0.5) is 0 Å². The van der Waals surface area contributed by atoms with Gasteiger partial charge in [-0.25, -0.2) is 4.98 Å². The second-order valence-corrected chi connectivity index (χ2v) is 5.93. The summed E-state index contributed by atoms with van der Waals surface area (Å²) < 4.78 is 10.8. The maximum Gasteiger partial charge on any atom is 0.196 e. The first-order chi connectivity index (χ1) is 10.2. The van der Waals surface area contributed by atoms with Crippen LogP contribution in [0.5, 0.6) is 5.75 Å². The number of ether oxygens (including phenoxy) is 1. The molecule has 0 aliphatic carbocycles. The van der Waals surface area contributed by atoms with E-state index in [0.717, 1.165) is 43.4 Å². The highest BCUT2D eigenvalue weighted by atomic mass is 16.5. The van der Waals surface area contributed by atoms with Crippen LogP contribution < -0.4 is 4.74 Å². The topological polar surface area (TPSA) is 38.5 Å². The maximum absolute atomic E-state index is 5.51. The summed E-state index contributed by atoms with van der Waals surface area (Å²) in [6, 6.07) is 6.36. The van der Waals surface area contributed by atoms with E-state index >= 15 is 0 Å². The monoisotopic (exact) mass is 286 g/mol. The number of benzene rings is 1. The molecule has 0 radical (unpaired) electrons. The molecule has 0 amide bonds. The van der Waals surface area contributed by atoms with E-state index in [1.807, 2.05) is 6.07 Å². The minimum absolute atomic E-state index is 0.341. The third-order valence-corrected chi connectivity index (χ3v) is 3.95. The number of nitrogens with zero attached hydrogens (tertiary/aromatic N) is 2. The van der Waals surface area contributed by atoms with Crippen molar-refractivity contribution in [3.8, 4) is 5.75 Å². The van der Waals surface area contributed by atoms with Gasteiger partial charge >= 0.3 is 0 Å². The van der Waals surface area contributed by atoms with Gasteiger partial charge in [-0.1, -0.05) is 19.9 Å². The fourth-order valence-corrected chi connectivity index (χ4v) is 2.74. The summed E-state index contributed by atoms with van der Waals surface area (Å²) in [6.45, 7) is 7.05. The minimum atomic E-state index is 0.341. The lowest BCUT2D eigenvalue weighted by Crippen LogP contribution is -2.30. The Hall–Kier alpha value is -1.81. The van der Waals surface area contributed by atoms with Gasteiger partial charge in [-0.05, 0) is 29.7 Å². The predicted molar refractivity (Wildman–Crippen MR) is 81.4 cm³/mol. The van der Waals surface area contributed by atoms with E-state index in [4.69, 9.17) is 9.15 Å². The van der Waals surface area contributed by atoms with Crippen molar-refractivity contribution >= 4 is 0 Å². The van der Waals surface area contributed by atoms with Gasteiger partial charge in [-0.3, -0.25) is 4.90 Å². The van der Waals surface area contributed by atoms with Crippen LogP contribution in [0.15, 0.2) is 28.9 Å². The molecule has 0 spiro atoms. The number of fused-ring (bicyclic) bond motifs is 1. The third kappa shape index (κ3) is 3.10. The summed E-state index contributed by atoms with van der Waals surface area (Å²) in [5, 5.41) is 0. The Labute approximate surface area is 125 Å². The first kappa shape index (κ1) is 14.1. The first-order valence-corrected chi connectivity index (χ1v) is 7.48. The highest BCUT2D eigenvalue weighted by molar-refractivity contribution is 5.37. The van der Waals surface area contributed by atoms with Crippen molar-refractivity contribution in [2.75, 3.05) is 13.7 Å². The molecule has 0 saturated heterocycles. The molecule has 0 saturated carbocycles. The Kier molecular flexibility index (Phi) is 3.97. The molecule has 0 bridgehead atoms. The van der Waals surface area contributed by atoms with Crippen LogP contribution >= 0.6 is 0 Å². The molecule has 4 heteroatoms. The van der Waals surface area contributed by atoms with Crippen LogP contribution in [0.25, 0.3) is 0 Å². The van der Waals surface area contributed by atoms with Crippen LogP contribution in [0.3, 0.4) is 0 Å². The number of hydrogen-bond donors (Lipinski definition) is 0. The highest BCUT2D eigenvalue weighted by Gasteiger charge is 2.18. The molecule has 0 atom stereocenters. The van der Waals surface area contributed by atoms with Crippen molar-refractivity contribution < 1.29 is 9.15 Å². The van der Waals surface area contributed by atoms with Gasteiger partial charge in [-0.15, -0.1) is 0 Å². The van der Waals surface area contributed by atoms with Gasteiger partial charge in [0.1, 0.15) is 12.0 Å². The fraction of sp³-hybridized carbons (Fsp3) is 0.471. The Morgan fingerprint density at radius 2 is 2.19 bits per heavy atom. The Morgan fingerprint density at radius 3 is 2.90 bits per heavy atom. The van der Waals surface area contributed by atoms with Crippen molar-refractivity contribution in [2.45, 2.75) is 39.3 Å². The van der Waals surface area contributed by atoms with Crippen molar-refractivity contribution in [2.24, 2.45) is 0 Å². The van der Waals surface area contributed by atoms with E-state index in [2.05, 4.69) is 35.9 Å². The van der Waals surface area contributed by atoms with Crippen LogP contribution in [0, 0.1) is 0 Å². The zero-order valence-corrected chi connectivity index (χ0v) is 12.9. The van der Waals surface area contributed by atoms with E-state index in [-0.39, 0.29) is 0 Å². The zero-order chi connectivity index (χ0) is 14.8. The van der Waals surface area contributed by atoms with E-state index in [9.17, 15) is 0 Å². The van der Waals surface area contributed by atoms with Gasteiger partial charge in [-0.2, -0.15) is 0 Å². The normalized spacial score (nSPS) is 15.2. The SMILES string of the molecule is COc1ccc2c(c1)CCN(Cc1coc(C(C)C)n1)C2. The van der Waals surface area contributed by atoms with Crippen molar-refractivity contribution in [1.82, 2.24) is 9.88 Å². The van der Waals surface area contributed by atoms with Gasteiger partial charge in [0.2, 0.25) is 0 Å². The molecule has 1 aromatic heterocycles. The molecule has 112 valence electrons. The smallest absolute Gasteiger partial charge is 0.196 e. The quantitative estimate of drug-likeness (QED) is 0.864. The molecule has 1 aromatic carbocycles. The predicted octanol–water partition coefficient (Wildman–Crippen LogP) is 3.36. The second kappa shape index (κ2) is 5.90. The number of rotatable bonds is 4. The third-order valence-electron chi connectivity index (χ3n) is 3.95. The molecule has 0 N–H and O–H groups in total. The highest BCUT2D eigenvalue weighted by Crippen LogP contribution is 2.25. The summed E-state index contributed by atoms with van der Waals surface area (Å²) in [5.74, 6) is 2.11. The summed E-state index contributed by atoms with van der Waals surface area (Å²) in [7, 11) is 1.72. The maximum atomic E-state index is 5.51. The van der Waals surface area contributed by atoms with Crippen LogP contribution in [0.2, 0.25) is 0 Å². The molecule has 1 aliphatic rings. The molecule has 0 unspecified atom stereocenters. The van der Waals surface area contributed by atoms with E-state index in [1.54, 1.807) is 13.4 Å². The van der Waals surface area contributed by atoms with E-state index in [1.165, 1.54) is 11.1 Å². The molecule has 0 fully saturated rings. The molecule has 4 nitrogen and oxygen atoms in total. The summed E-state index contributed by atoms with van der Waals surface area (Å²) in [4.78, 5) is 6.97. The first-order valence-electron chi connectivity index (χ1n) is 7.48.